The predicted molar refractivity (Wildman–Crippen MR) is 80.3 cm³/mol. The first-order valence-electron chi connectivity index (χ1n) is 6.70. The lowest BCUT2D eigenvalue weighted by Gasteiger charge is -2.16. The molecule has 2 amide bonds. The second-order valence-corrected chi connectivity index (χ2v) is 4.78. The summed E-state index contributed by atoms with van der Waals surface area (Å²) in [7, 11) is 3.44. The van der Waals surface area contributed by atoms with Crippen LogP contribution in [0, 0.1) is 0 Å². The third-order valence-corrected chi connectivity index (χ3v) is 2.85. The summed E-state index contributed by atoms with van der Waals surface area (Å²) < 4.78 is 0. The highest BCUT2D eigenvalue weighted by molar-refractivity contribution is 5.85. The van der Waals surface area contributed by atoms with E-state index in [0.29, 0.717) is 25.8 Å². The molecule has 0 aliphatic heterocycles. The van der Waals surface area contributed by atoms with Crippen LogP contribution in [0.5, 0.6) is 0 Å². The van der Waals surface area contributed by atoms with E-state index in [4.69, 9.17) is 5.73 Å². The number of unbranched alkanes of at least 4 members (excludes halogenated alkanes) is 1. The van der Waals surface area contributed by atoms with Crippen LogP contribution in [-0.2, 0) is 9.59 Å². The van der Waals surface area contributed by atoms with Gasteiger partial charge in [-0.3, -0.25) is 9.59 Å². The maximum Gasteiger partial charge on any atom is 0.222 e. The molecule has 0 aromatic carbocycles. The standard InChI is InChI=1S/C13H27N3O2.ClH/c1-4-5-7-11(10-14)15-12(17)8-6-9-13(18)16(2)3;/h11H,4-10,14H2,1-3H3,(H,15,17);1H. The van der Waals surface area contributed by atoms with E-state index in [9.17, 15) is 9.59 Å². The average molecular weight is 294 g/mol. The predicted octanol–water partition coefficient (Wildman–Crippen LogP) is 1.30. The van der Waals surface area contributed by atoms with Crippen LogP contribution in [0.25, 0.3) is 0 Å². The minimum atomic E-state index is -0.00638. The molecular formula is C13H28ClN3O2. The highest BCUT2D eigenvalue weighted by Gasteiger charge is 2.11. The van der Waals surface area contributed by atoms with E-state index in [1.165, 1.54) is 0 Å². The van der Waals surface area contributed by atoms with Crippen LogP contribution in [0.15, 0.2) is 0 Å². The number of nitrogens with zero attached hydrogens (tertiary/aromatic N) is 1. The van der Waals surface area contributed by atoms with Gasteiger partial charge in [-0.15, -0.1) is 12.4 Å². The Hall–Kier alpha value is -0.810. The molecule has 0 heterocycles. The normalized spacial score (nSPS) is 11.4. The Balaban J connectivity index is 0. The lowest BCUT2D eigenvalue weighted by Crippen LogP contribution is -2.40. The molecule has 114 valence electrons. The van der Waals surface area contributed by atoms with E-state index in [1.54, 1.807) is 19.0 Å². The summed E-state index contributed by atoms with van der Waals surface area (Å²) in [5, 5.41) is 2.92. The van der Waals surface area contributed by atoms with E-state index in [0.717, 1.165) is 19.3 Å². The molecule has 3 N–H and O–H groups in total. The van der Waals surface area contributed by atoms with E-state index >= 15 is 0 Å². The molecule has 0 aromatic rings. The third-order valence-electron chi connectivity index (χ3n) is 2.85. The van der Waals surface area contributed by atoms with Crippen molar-refractivity contribution >= 4 is 24.2 Å². The van der Waals surface area contributed by atoms with Gasteiger partial charge in [-0.25, -0.2) is 0 Å². The molecule has 1 unspecified atom stereocenters. The minimum Gasteiger partial charge on any atom is -0.352 e. The molecule has 0 saturated heterocycles. The highest BCUT2D eigenvalue weighted by atomic mass is 35.5. The largest absolute Gasteiger partial charge is 0.352 e. The summed E-state index contributed by atoms with van der Waals surface area (Å²) in [6, 6.07) is 0.0713. The molecule has 0 bridgehead atoms. The van der Waals surface area contributed by atoms with Crippen LogP contribution in [0.3, 0.4) is 0 Å². The third kappa shape index (κ3) is 10.8. The van der Waals surface area contributed by atoms with E-state index in [-0.39, 0.29) is 30.3 Å². The van der Waals surface area contributed by atoms with Gasteiger partial charge in [-0.05, 0) is 12.8 Å². The lowest BCUT2D eigenvalue weighted by atomic mass is 10.1. The number of rotatable bonds is 9. The van der Waals surface area contributed by atoms with Gasteiger partial charge in [-0.2, -0.15) is 0 Å². The molecule has 1 atom stereocenters. The first-order valence-corrected chi connectivity index (χ1v) is 6.70. The Kier molecular flexibility index (Phi) is 13.2. The number of carbonyl (C=O) groups is 2. The van der Waals surface area contributed by atoms with E-state index < -0.39 is 0 Å². The van der Waals surface area contributed by atoms with Crippen molar-refractivity contribution in [1.82, 2.24) is 10.2 Å². The van der Waals surface area contributed by atoms with Crippen molar-refractivity contribution < 1.29 is 9.59 Å². The van der Waals surface area contributed by atoms with Crippen molar-refractivity contribution in [2.75, 3.05) is 20.6 Å². The summed E-state index contributed by atoms with van der Waals surface area (Å²) >= 11 is 0. The molecule has 0 saturated carbocycles. The second-order valence-electron chi connectivity index (χ2n) is 4.78. The first kappa shape index (κ1) is 20.5. The Morgan fingerprint density at radius 1 is 1.21 bits per heavy atom. The fourth-order valence-corrected chi connectivity index (χ4v) is 1.62. The number of nitrogens with one attached hydrogen (secondary N) is 1. The van der Waals surface area contributed by atoms with Crippen molar-refractivity contribution in [3.63, 3.8) is 0 Å². The number of carbonyl (C=O) groups excluding carboxylic acids is 2. The van der Waals surface area contributed by atoms with Crippen LogP contribution >= 0.6 is 12.4 Å². The first-order chi connectivity index (χ1) is 8.51. The molecular weight excluding hydrogens is 266 g/mol. The summed E-state index contributed by atoms with van der Waals surface area (Å²) in [5.74, 6) is 0.0530. The molecule has 19 heavy (non-hydrogen) atoms. The number of halogens is 1. The van der Waals surface area contributed by atoms with Gasteiger partial charge in [0, 0.05) is 39.5 Å². The fraction of sp³-hybridized carbons (Fsp3) is 0.846. The summed E-state index contributed by atoms with van der Waals surface area (Å²) in [5.41, 5.74) is 5.60. The lowest BCUT2D eigenvalue weighted by molar-refractivity contribution is -0.129. The Labute approximate surface area is 122 Å². The SMILES string of the molecule is CCCCC(CN)NC(=O)CCCC(=O)N(C)C.Cl. The van der Waals surface area contributed by atoms with Crippen molar-refractivity contribution in [2.45, 2.75) is 51.5 Å². The monoisotopic (exact) mass is 293 g/mol. The van der Waals surface area contributed by atoms with Gasteiger partial charge in [0.05, 0.1) is 0 Å². The zero-order chi connectivity index (χ0) is 14.0. The molecule has 0 spiro atoms. The van der Waals surface area contributed by atoms with Crippen molar-refractivity contribution in [2.24, 2.45) is 5.73 Å². The van der Waals surface area contributed by atoms with Crippen LogP contribution in [-0.4, -0.2) is 43.4 Å². The number of nitrogens with two attached hydrogens (primary N) is 1. The number of amides is 2. The van der Waals surface area contributed by atoms with Crippen molar-refractivity contribution in [3.05, 3.63) is 0 Å². The maximum absolute atomic E-state index is 11.6. The van der Waals surface area contributed by atoms with Gasteiger partial charge in [0.2, 0.25) is 11.8 Å². The zero-order valence-corrected chi connectivity index (χ0v) is 13.1. The topological polar surface area (TPSA) is 75.4 Å². The molecule has 0 aliphatic rings. The van der Waals surface area contributed by atoms with Crippen LogP contribution in [0.4, 0.5) is 0 Å². The molecule has 5 nitrogen and oxygen atoms in total. The number of hydrogen-bond donors (Lipinski definition) is 2. The summed E-state index contributed by atoms with van der Waals surface area (Å²) in [4.78, 5) is 24.5. The molecule has 0 aromatic heterocycles. The molecule has 6 heteroatoms. The average Bonchev–Trinajstić information content (AvgIpc) is 2.34. The second kappa shape index (κ2) is 12.2. The van der Waals surface area contributed by atoms with Crippen LogP contribution in [0.2, 0.25) is 0 Å². The molecule has 0 rings (SSSR count). The minimum absolute atomic E-state index is 0. The summed E-state index contributed by atoms with van der Waals surface area (Å²) in [6.45, 7) is 2.59. The van der Waals surface area contributed by atoms with Crippen molar-refractivity contribution in [1.29, 1.82) is 0 Å². The van der Waals surface area contributed by atoms with Crippen LogP contribution < -0.4 is 11.1 Å². The number of hydrogen-bond acceptors (Lipinski definition) is 3. The Bertz CT molecular complexity index is 260. The Morgan fingerprint density at radius 3 is 2.32 bits per heavy atom. The fourth-order valence-electron chi connectivity index (χ4n) is 1.62. The highest BCUT2D eigenvalue weighted by Crippen LogP contribution is 2.02. The van der Waals surface area contributed by atoms with E-state index in [2.05, 4.69) is 12.2 Å². The molecule has 0 radical (unpaired) electrons. The van der Waals surface area contributed by atoms with E-state index in [1.807, 2.05) is 0 Å². The van der Waals surface area contributed by atoms with Gasteiger partial charge in [0.1, 0.15) is 0 Å². The maximum atomic E-state index is 11.6. The molecule has 0 aliphatic carbocycles. The van der Waals surface area contributed by atoms with Gasteiger partial charge in [-0.1, -0.05) is 19.8 Å². The summed E-state index contributed by atoms with van der Waals surface area (Å²) in [6.07, 6.45) is 4.50. The Morgan fingerprint density at radius 2 is 1.84 bits per heavy atom. The van der Waals surface area contributed by atoms with Gasteiger partial charge >= 0.3 is 0 Å². The smallest absolute Gasteiger partial charge is 0.222 e. The zero-order valence-electron chi connectivity index (χ0n) is 12.3. The van der Waals surface area contributed by atoms with Crippen LogP contribution in [0.1, 0.15) is 45.4 Å². The quantitative estimate of drug-likeness (QED) is 0.673. The van der Waals surface area contributed by atoms with Gasteiger partial charge in [0.15, 0.2) is 0 Å². The molecule has 0 fully saturated rings. The van der Waals surface area contributed by atoms with Crippen molar-refractivity contribution in [3.8, 4) is 0 Å². The van der Waals surface area contributed by atoms with Gasteiger partial charge < -0.3 is 16.0 Å². The van der Waals surface area contributed by atoms with Gasteiger partial charge in [0.25, 0.3) is 0 Å².